The average Bonchev–Trinajstić information content (AvgIpc) is 0.756. The summed E-state index contributed by atoms with van der Waals surface area (Å²) in [6, 6.07) is 131. The maximum Gasteiger partial charge on any atom is -0.00200 e. The van der Waals surface area contributed by atoms with Crippen LogP contribution in [0.4, 0.5) is 0 Å². The molecule has 18 aromatic carbocycles. The molecule has 0 bridgehead atoms. The van der Waals surface area contributed by atoms with E-state index < -0.39 is 0 Å². The van der Waals surface area contributed by atoms with Crippen LogP contribution in [0.3, 0.4) is 0 Å². The van der Waals surface area contributed by atoms with Crippen molar-refractivity contribution in [3.8, 4) is 77.9 Å². The first-order chi connectivity index (χ1) is 50.5. The predicted octanol–water partition coefficient (Wildman–Crippen LogP) is 29.8. The highest BCUT2D eigenvalue weighted by Gasteiger charge is 2.25. The standard InChI is InChI=1S/C36H30.2C34H28/c1-36(2,3)29-21-22-32-33(24-29)35(28-18-12-17-27(23-28)25-13-6-4-7-14-25)31-20-11-10-19-30(31)34(32)26-15-8-5-9-16-26;1-34(2,3)25-20-21-30-31(22-25)33(27-19-11-15-23-12-7-8-16-26(23)27)29-18-10-9-17-28(29)32(30)24-13-5-4-6-14-24;1-34(2,3)27-19-20-30-31(22-27)33(26-18-17-23-11-7-8-14-25(23)21-26)29-16-10-9-15-28(29)32(30)24-12-5-4-6-13-24/h4-24H,1-3H3;2*4-22H,1-3H3. The smallest absolute Gasteiger partial charge is 0.00200 e. The van der Waals surface area contributed by atoms with Gasteiger partial charge in [0.25, 0.3) is 0 Å². The van der Waals surface area contributed by atoms with Gasteiger partial charge in [-0.2, -0.15) is 0 Å². The highest BCUT2D eigenvalue weighted by molar-refractivity contribution is 6.25. The SMILES string of the molecule is CC(C)(C)c1ccc2c(-c3ccccc3)c3ccccc3c(-c3ccc4ccccc4c3)c2c1.CC(C)(C)c1ccc2c(-c3ccccc3)c3ccccc3c(-c3cccc(-c4ccccc4)c3)c2c1.CC(C)(C)c1ccc2c(-c3ccccc3)c3ccccc3c(-c3cccc4ccccc34)c2c1. The van der Waals surface area contributed by atoms with E-state index in [9.17, 15) is 0 Å². The molecule has 18 rings (SSSR count). The number of rotatable bonds is 7. The van der Waals surface area contributed by atoms with Gasteiger partial charge in [0.15, 0.2) is 0 Å². The Labute approximate surface area is 613 Å². The van der Waals surface area contributed by atoms with Gasteiger partial charge in [-0.15, -0.1) is 0 Å². The number of benzene rings is 18. The fourth-order valence-electron chi connectivity index (χ4n) is 15.9. The van der Waals surface area contributed by atoms with Crippen molar-refractivity contribution >= 4 is 86.2 Å². The summed E-state index contributed by atoms with van der Waals surface area (Å²) in [6.45, 7) is 20.7. The van der Waals surface area contributed by atoms with E-state index in [1.165, 1.54) is 181 Å². The summed E-state index contributed by atoms with van der Waals surface area (Å²) in [7, 11) is 0. The number of fused-ring (bicyclic) bond motifs is 8. The van der Waals surface area contributed by atoms with Gasteiger partial charge in [0.2, 0.25) is 0 Å². The van der Waals surface area contributed by atoms with Crippen molar-refractivity contribution in [2.24, 2.45) is 0 Å². The van der Waals surface area contributed by atoms with Crippen LogP contribution in [0.15, 0.2) is 358 Å². The van der Waals surface area contributed by atoms with Crippen molar-refractivity contribution in [3.05, 3.63) is 375 Å². The van der Waals surface area contributed by atoms with Crippen LogP contribution in [0.2, 0.25) is 0 Å². The molecule has 0 fully saturated rings. The minimum absolute atomic E-state index is 0.0654. The minimum Gasteiger partial charge on any atom is -0.0622 e. The van der Waals surface area contributed by atoms with Crippen molar-refractivity contribution in [3.63, 3.8) is 0 Å². The zero-order valence-corrected chi connectivity index (χ0v) is 61.1. The summed E-state index contributed by atoms with van der Waals surface area (Å²) in [5.74, 6) is 0. The third-order valence-corrected chi connectivity index (χ3v) is 21.2. The van der Waals surface area contributed by atoms with Crippen LogP contribution in [0.1, 0.15) is 79.0 Å². The molecular weight excluding hydrogens is 1250 g/mol. The first-order valence-corrected chi connectivity index (χ1v) is 36.8. The van der Waals surface area contributed by atoms with Crippen LogP contribution in [0.25, 0.3) is 164 Å². The third kappa shape index (κ3) is 12.7. The van der Waals surface area contributed by atoms with Crippen molar-refractivity contribution in [1.29, 1.82) is 0 Å². The molecular formula is C104H86. The fraction of sp³-hybridized carbons (Fsp3) is 0.115. The molecule has 0 heteroatoms. The van der Waals surface area contributed by atoms with E-state index in [4.69, 9.17) is 0 Å². The Kier molecular flexibility index (Phi) is 17.6. The molecule has 0 saturated carbocycles. The maximum absolute atomic E-state index is 2.44. The zero-order chi connectivity index (χ0) is 71.3. The second-order valence-corrected chi connectivity index (χ2v) is 31.1. The molecule has 502 valence electrons. The van der Waals surface area contributed by atoms with E-state index in [1.54, 1.807) is 0 Å². The Hall–Kier alpha value is -12.0. The lowest BCUT2D eigenvalue weighted by Crippen LogP contribution is -2.10. The van der Waals surface area contributed by atoms with Crippen LogP contribution in [-0.2, 0) is 16.2 Å². The van der Waals surface area contributed by atoms with E-state index in [2.05, 4.69) is 420 Å². The molecule has 0 aromatic heterocycles. The minimum atomic E-state index is 0.0654. The molecule has 0 heterocycles. The van der Waals surface area contributed by atoms with Crippen LogP contribution in [-0.4, -0.2) is 0 Å². The van der Waals surface area contributed by atoms with Gasteiger partial charge >= 0.3 is 0 Å². The largest absolute Gasteiger partial charge is 0.0622 e. The summed E-state index contributed by atoms with van der Waals surface area (Å²) in [4.78, 5) is 0. The van der Waals surface area contributed by atoms with E-state index in [1.807, 2.05) is 0 Å². The van der Waals surface area contributed by atoms with E-state index in [-0.39, 0.29) is 16.2 Å². The van der Waals surface area contributed by atoms with Gasteiger partial charge in [0, 0.05) is 0 Å². The monoisotopic (exact) mass is 1330 g/mol. The maximum atomic E-state index is 2.44. The molecule has 0 spiro atoms. The quantitative estimate of drug-likeness (QED) is 0.140. The summed E-state index contributed by atoms with van der Waals surface area (Å²) in [5.41, 5.74) is 22.3. The van der Waals surface area contributed by atoms with Gasteiger partial charge < -0.3 is 0 Å². The summed E-state index contributed by atoms with van der Waals surface area (Å²) in [6.07, 6.45) is 0. The molecule has 0 atom stereocenters. The van der Waals surface area contributed by atoms with E-state index in [0.717, 1.165) is 0 Å². The van der Waals surface area contributed by atoms with Crippen molar-refractivity contribution in [1.82, 2.24) is 0 Å². The third-order valence-electron chi connectivity index (χ3n) is 21.2. The van der Waals surface area contributed by atoms with Gasteiger partial charge in [-0.25, -0.2) is 0 Å². The highest BCUT2D eigenvalue weighted by atomic mass is 14.3. The van der Waals surface area contributed by atoms with Crippen LogP contribution < -0.4 is 0 Å². The molecule has 0 amide bonds. The number of hydrogen-bond acceptors (Lipinski definition) is 0. The van der Waals surface area contributed by atoms with Crippen molar-refractivity contribution in [2.45, 2.75) is 78.6 Å². The Morgan fingerprint density at radius 3 is 0.837 bits per heavy atom. The first-order valence-electron chi connectivity index (χ1n) is 36.8. The molecule has 0 saturated heterocycles. The molecule has 18 aromatic rings. The van der Waals surface area contributed by atoms with E-state index >= 15 is 0 Å². The van der Waals surface area contributed by atoms with Gasteiger partial charge in [-0.05, 0) is 227 Å². The Bertz CT molecular complexity index is 6220. The Balaban J connectivity index is 0.000000120. The molecule has 0 aliphatic rings. The first kappa shape index (κ1) is 66.6. The molecule has 0 N–H and O–H groups in total. The Morgan fingerprint density at radius 2 is 0.423 bits per heavy atom. The molecule has 0 radical (unpaired) electrons. The van der Waals surface area contributed by atoms with Crippen LogP contribution >= 0.6 is 0 Å². The average molecular weight is 1340 g/mol. The summed E-state index contributed by atoms with van der Waals surface area (Å²) in [5, 5.41) is 20.8. The van der Waals surface area contributed by atoms with Crippen LogP contribution in [0, 0.1) is 0 Å². The fourth-order valence-corrected chi connectivity index (χ4v) is 15.9. The lowest BCUT2D eigenvalue weighted by molar-refractivity contribution is 0.591. The predicted molar refractivity (Wildman–Crippen MR) is 454 cm³/mol. The van der Waals surface area contributed by atoms with Gasteiger partial charge in [0.05, 0.1) is 0 Å². The molecule has 0 aliphatic heterocycles. The molecule has 0 nitrogen and oxygen atoms in total. The lowest BCUT2D eigenvalue weighted by atomic mass is 9.81. The Morgan fingerprint density at radius 1 is 0.144 bits per heavy atom. The molecule has 0 aliphatic carbocycles. The van der Waals surface area contributed by atoms with Crippen molar-refractivity contribution in [2.75, 3.05) is 0 Å². The topological polar surface area (TPSA) is 0 Å². The van der Waals surface area contributed by atoms with Gasteiger partial charge in [-0.1, -0.05) is 390 Å². The molecule has 104 heavy (non-hydrogen) atoms. The zero-order valence-electron chi connectivity index (χ0n) is 61.1. The lowest BCUT2D eigenvalue weighted by Gasteiger charge is -2.23. The second-order valence-electron chi connectivity index (χ2n) is 31.1. The van der Waals surface area contributed by atoms with E-state index in [0.29, 0.717) is 0 Å². The second kappa shape index (κ2) is 27.4. The molecule has 0 unspecified atom stereocenters. The summed E-state index contributed by atoms with van der Waals surface area (Å²) < 4.78 is 0. The normalized spacial score (nSPS) is 11.9. The highest BCUT2D eigenvalue weighted by Crippen LogP contribution is 2.50. The van der Waals surface area contributed by atoms with Gasteiger partial charge in [0.1, 0.15) is 0 Å². The van der Waals surface area contributed by atoms with Gasteiger partial charge in [-0.3, -0.25) is 0 Å². The summed E-state index contributed by atoms with van der Waals surface area (Å²) >= 11 is 0. The number of hydrogen-bond donors (Lipinski definition) is 0. The van der Waals surface area contributed by atoms with Crippen molar-refractivity contribution < 1.29 is 0 Å². The van der Waals surface area contributed by atoms with Crippen LogP contribution in [0.5, 0.6) is 0 Å².